The molecule has 0 atom stereocenters. The molecule has 0 fully saturated rings. The molecule has 26 heavy (non-hydrogen) atoms. The zero-order valence-corrected chi connectivity index (χ0v) is 16.5. The summed E-state index contributed by atoms with van der Waals surface area (Å²) >= 11 is 3.54. The van der Waals surface area contributed by atoms with Crippen LogP contribution in [0.2, 0.25) is 0 Å². The number of rotatable bonds is 5. The van der Waals surface area contributed by atoms with Crippen LogP contribution in [0.1, 0.15) is 11.1 Å². The van der Waals surface area contributed by atoms with Gasteiger partial charge in [0.25, 0.3) is 5.91 Å². The van der Waals surface area contributed by atoms with E-state index in [-0.39, 0.29) is 5.91 Å². The van der Waals surface area contributed by atoms with E-state index in [4.69, 9.17) is 14.2 Å². The predicted octanol–water partition coefficient (Wildman–Crippen LogP) is 4.08. The Kier molecular flexibility index (Phi) is 5.52. The van der Waals surface area contributed by atoms with Crippen molar-refractivity contribution < 1.29 is 19.0 Å². The van der Waals surface area contributed by atoms with Gasteiger partial charge in [-0.1, -0.05) is 12.1 Å². The number of carbonyl (C=O) groups is 1. The molecular weight excluding hydrogens is 398 g/mol. The van der Waals surface area contributed by atoms with E-state index < -0.39 is 0 Å². The molecule has 0 N–H and O–H groups in total. The molecule has 3 rings (SSSR count). The largest absolute Gasteiger partial charge is 0.493 e. The first kappa shape index (κ1) is 18.3. The molecule has 2 aromatic rings. The van der Waals surface area contributed by atoms with E-state index >= 15 is 0 Å². The van der Waals surface area contributed by atoms with Gasteiger partial charge in [0, 0.05) is 17.1 Å². The second-order valence-electron chi connectivity index (χ2n) is 5.78. The highest BCUT2D eigenvalue weighted by atomic mass is 79.9. The molecule has 1 aliphatic rings. The Morgan fingerprint density at radius 2 is 1.81 bits per heavy atom. The summed E-state index contributed by atoms with van der Waals surface area (Å²) < 4.78 is 16.9. The summed E-state index contributed by atoms with van der Waals surface area (Å²) in [6.45, 7) is 0.677. The fourth-order valence-corrected chi connectivity index (χ4v) is 3.70. The van der Waals surface area contributed by atoms with Gasteiger partial charge in [-0.25, -0.2) is 0 Å². The molecule has 2 aromatic carbocycles. The van der Waals surface area contributed by atoms with Crippen molar-refractivity contribution in [1.29, 1.82) is 0 Å². The van der Waals surface area contributed by atoms with Crippen LogP contribution in [0.5, 0.6) is 17.2 Å². The van der Waals surface area contributed by atoms with Crippen LogP contribution in [0, 0.1) is 0 Å². The van der Waals surface area contributed by atoms with Gasteiger partial charge >= 0.3 is 0 Å². The number of nitrogens with zero attached hydrogens (tertiary/aromatic N) is 1. The van der Waals surface area contributed by atoms with Crippen molar-refractivity contribution in [2.75, 3.05) is 32.8 Å². The Labute approximate surface area is 161 Å². The Morgan fingerprint density at radius 3 is 2.42 bits per heavy atom. The number of methoxy groups -OCH3 is 3. The quantitative estimate of drug-likeness (QED) is 0.687. The van der Waals surface area contributed by atoms with Crippen LogP contribution < -0.4 is 19.1 Å². The molecule has 0 spiro atoms. The SMILES string of the molecule is COc1cc(/C=C/C(=O)N2CCc3cccc(Br)c32)cc(OC)c1OC. The number of anilines is 1. The first-order valence-corrected chi connectivity index (χ1v) is 8.95. The number of hydrogen-bond donors (Lipinski definition) is 0. The maximum Gasteiger partial charge on any atom is 0.251 e. The van der Waals surface area contributed by atoms with Crippen molar-refractivity contribution >= 4 is 33.6 Å². The van der Waals surface area contributed by atoms with Crippen LogP contribution in [0.4, 0.5) is 5.69 Å². The average molecular weight is 418 g/mol. The lowest BCUT2D eigenvalue weighted by atomic mass is 10.1. The third-order valence-electron chi connectivity index (χ3n) is 4.32. The minimum Gasteiger partial charge on any atom is -0.493 e. The number of benzene rings is 2. The number of amides is 1. The molecule has 0 radical (unpaired) electrons. The van der Waals surface area contributed by atoms with Crippen LogP contribution in [0.3, 0.4) is 0 Å². The summed E-state index contributed by atoms with van der Waals surface area (Å²) in [6.07, 6.45) is 4.18. The molecule has 0 unspecified atom stereocenters. The molecule has 1 heterocycles. The predicted molar refractivity (Wildman–Crippen MR) is 105 cm³/mol. The topological polar surface area (TPSA) is 48.0 Å². The number of carbonyl (C=O) groups excluding carboxylic acids is 1. The highest BCUT2D eigenvalue weighted by molar-refractivity contribution is 9.10. The highest BCUT2D eigenvalue weighted by Gasteiger charge is 2.25. The summed E-state index contributed by atoms with van der Waals surface area (Å²) in [4.78, 5) is 14.5. The zero-order chi connectivity index (χ0) is 18.7. The van der Waals surface area contributed by atoms with E-state index in [1.54, 1.807) is 50.5 Å². The molecular formula is C20H20BrNO4. The van der Waals surface area contributed by atoms with E-state index in [1.165, 1.54) is 5.56 Å². The fourth-order valence-electron chi connectivity index (χ4n) is 3.08. The molecule has 0 aliphatic carbocycles. The highest BCUT2D eigenvalue weighted by Crippen LogP contribution is 2.39. The normalized spacial score (nSPS) is 13.0. The fraction of sp³-hybridized carbons (Fsp3) is 0.250. The molecule has 0 aromatic heterocycles. The van der Waals surface area contributed by atoms with E-state index in [1.807, 2.05) is 12.1 Å². The van der Waals surface area contributed by atoms with E-state index in [0.29, 0.717) is 23.8 Å². The van der Waals surface area contributed by atoms with Crippen LogP contribution in [0.25, 0.3) is 6.08 Å². The smallest absolute Gasteiger partial charge is 0.251 e. The van der Waals surface area contributed by atoms with Gasteiger partial charge in [-0.15, -0.1) is 0 Å². The van der Waals surface area contributed by atoms with Crippen LogP contribution in [0.15, 0.2) is 40.9 Å². The summed E-state index contributed by atoms with van der Waals surface area (Å²) in [5.74, 6) is 1.56. The Bertz CT molecular complexity index is 838. The van der Waals surface area contributed by atoms with Gasteiger partial charge in [-0.2, -0.15) is 0 Å². The number of para-hydroxylation sites is 1. The van der Waals surface area contributed by atoms with Crippen molar-refractivity contribution in [3.63, 3.8) is 0 Å². The second-order valence-corrected chi connectivity index (χ2v) is 6.63. The monoisotopic (exact) mass is 417 g/mol. The maximum atomic E-state index is 12.7. The zero-order valence-electron chi connectivity index (χ0n) is 14.9. The van der Waals surface area contributed by atoms with Crippen molar-refractivity contribution in [3.05, 3.63) is 52.0 Å². The second kappa shape index (κ2) is 7.83. The standard InChI is InChI=1S/C20H20BrNO4/c1-24-16-11-13(12-17(25-2)20(16)26-3)7-8-18(23)22-10-9-14-5-4-6-15(21)19(14)22/h4-8,11-12H,9-10H2,1-3H3/b8-7+. The number of hydrogen-bond acceptors (Lipinski definition) is 4. The van der Waals surface area contributed by atoms with Gasteiger partial charge in [-0.05, 0) is 57.8 Å². The number of fused-ring (bicyclic) bond motifs is 1. The van der Waals surface area contributed by atoms with Gasteiger partial charge in [0.1, 0.15) is 0 Å². The van der Waals surface area contributed by atoms with Crippen LogP contribution in [-0.4, -0.2) is 33.8 Å². The lowest BCUT2D eigenvalue weighted by Gasteiger charge is -2.16. The van der Waals surface area contributed by atoms with Gasteiger partial charge in [-0.3, -0.25) is 4.79 Å². The van der Waals surface area contributed by atoms with Gasteiger partial charge in [0.2, 0.25) is 5.75 Å². The minimum atomic E-state index is -0.0654. The van der Waals surface area contributed by atoms with Crippen molar-refractivity contribution in [1.82, 2.24) is 0 Å². The molecule has 1 amide bonds. The number of ether oxygens (including phenoxy) is 3. The van der Waals surface area contributed by atoms with Gasteiger partial charge < -0.3 is 19.1 Å². The lowest BCUT2D eigenvalue weighted by molar-refractivity contribution is -0.114. The van der Waals surface area contributed by atoms with E-state index in [9.17, 15) is 4.79 Å². The Balaban J connectivity index is 1.86. The summed E-state index contributed by atoms with van der Waals surface area (Å²) in [7, 11) is 4.69. The molecule has 0 saturated heterocycles. The maximum absolute atomic E-state index is 12.7. The summed E-state index contributed by atoms with van der Waals surface area (Å²) in [5, 5.41) is 0. The van der Waals surface area contributed by atoms with Gasteiger partial charge in [0.15, 0.2) is 11.5 Å². The lowest BCUT2D eigenvalue weighted by Crippen LogP contribution is -2.27. The first-order chi connectivity index (χ1) is 12.6. The molecule has 0 saturated carbocycles. The first-order valence-electron chi connectivity index (χ1n) is 8.16. The van der Waals surface area contributed by atoms with E-state index in [2.05, 4.69) is 22.0 Å². The molecule has 6 heteroatoms. The van der Waals surface area contributed by atoms with Crippen molar-refractivity contribution in [3.8, 4) is 17.2 Å². The third-order valence-corrected chi connectivity index (χ3v) is 4.96. The molecule has 0 bridgehead atoms. The average Bonchev–Trinajstić information content (AvgIpc) is 3.10. The molecule has 5 nitrogen and oxygen atoms in total. The third kappa shape index (κ3) is 3.42. The Morgan fingerprint density at radius 1 is 1.12 bits per heavy atom. The molecule has 136 valence electrons. The number of halogens is 1. The van der Waals surface area contributed by atoms with E-state index in [0.717, 1.165) is 22.1 Å². The molecule has 1 aliphatic heterocycles. The van der Waals surface area contributed by atoms with Crippen molar-refractivity contribution in [2.24, 2.45) is 0 Å². The Hall–Kier alpha value is -2.47. The van der Waals surface area contributed by atoms with Crippen molar-refractivity contribution in [2.45, 2.75) is 6.42 Å². The summed E-state index contributed by atoms with van der Waals surface area (Å²) in [5.41, 5.74) is 2.92. The van der Waals surface area contributed by atoms with Gasteiger partial charge in [0.05, 0.1) is 27.0 Å². The van der Waals surface area contributed by atoms with Crippen LogP contribution in [-0.2, 0) is 11.2 Å². The van der Waals surface area contributed by atoms with Crippen LogP contribution >= 0.6 is 15.9 Å². The minimum absolute atomic E-state index is 0.0654. The summed E-state index contributed by atoms with van der Waals surface area (Å²) in [6, 6.07) is 9.60.